The molecular weight excluding hydrogens is 164 g/mol. The summed E-state index contributed by atoms with van der Waals surface area (Å²) in [7, 11) is 4.06. The van der Waals surface area contributed by atoms with Crippen LogP contribution in [0.5, 0.6) is 0 Å². The standard InChI is InChI=1S/C10H18N2O/c1-5-10(13)12-6-8(2)9(12)7-11(3)4/h5,8-9H,1,6-7H2,2-4H3. The molecule has 3 heteroatoms. The van der Waals surface area contributed by atoms with E-state index in [0.717, 1.165) is 13.1 Å². The van der Waals surface area contributed by atoms with E-state index in [-0.39, 0.29) is 5.91 Å². The molecule has 74 valence electrons. The number of hydrogen-bond donors (Lipinski definition) is 0. The topological polar surface area (TPSA) is 23.6 Å². The Morgan fingerprint density at radius 2 is 2.31 bits per heavy atom. The minimum atomic E-state index is 0.0601. The summed E-state index contributed by atoms with van der Waals surface area (Å²) in [5.41, 5.74) is 0. The lowest BCUT2D eigenvalue weighted by atomic mass is 9.90. The molecule has 0 aromatic rings. The van der Waals surface area contributed by atoms with Gasteiger partial charge in [0, 0.05) is 19.1 Å². The SMILES string of the molecule is C=CC(=O)N1CC(C)C1CN(C)C. The number of hydrogen-bond acceptors (Lipinski definition) is 2. The molecule has 1 fully saturated rings. The highest BCUT2D eigenvalue weighted by atomic mass is 16.2. The number of amides is 1. The van der Waals surface area contributed by atoms with Crippen LogP contribution >= 0.6 is 0 Å². The molecule has 3 nitrogen and oxygen atoms in total. The minimum Gasteiger partial charge on any atom is -0.334 e. The van der Waals surface area contributed by atoms with Gasteiger partial charge in [-0.1, -0.05) is 13.5 Å². The molecule has 1 aliphatic rings. The predicted octanol–water partition coefficient (Wildman–Crippen LogP) is 0.581. The Hall–Kier alpha value is -0.830. The number of likely N-dealkylation sites (N-methyl/N-ethyl adjacent to an activating group) is 1. The lowest BCUT2D eigenvalue weighted by Crippen LogP contribution is -2.60. The fraction of sp³-hybridized carbons (Fsp3) is 0.700. The second-order valence-electron chi connectivity index (χ2n) is 4.00. The quantitative estimate of drug-likeness (QED) is 0.596. The van der Waals surface area contributed by atoms with Gasteiger partial charge in [-0.2, -0.15) is 0 Å². The monoisotopic (exact) mass is 182 g/mol. The Kier molecular flexibility index (Phi) is 3.09. The van der Waals surface area contributed by atoms with Gasteiger partial charge in [0.25, 0.3) is 0 Å². The Balaban J connectivity index is 2.50. The molecular formula is C10H18N2O. The summed E-state index contributed by atoms with van der Waals surface area (Å²) >= 11 is 0. The molecule has 2 atom stereocenters. The normalized spacial score (nSPS) is 27.2. The van der Waals surface area contributed by atoms with Crippen LogP contribution in [-0.2, 0) is 4.79 Å². The molecule has 0 aromatic carbocycles. The smallest absolute Gasteiger partial charge is 0.246 e. The summed E-state index contributed by atoms with van der Waals surface area (Å²) in [6.07, 6.45) is 1.40. The summed E-state index contributed by atoms with van der Waals surface area (Å²) in [5.74, 6) is 0.677. The van der Waals surface area contributed by atoms with Crippen molar-refractivity contribution in [3.8, 4) is 0 Å². The molecule has 0 saturated carbocycles. The van der Waals surface area contributed by atoms with Crippen LogP contribution in [0, 0.1) is 5.92 Å². The van der Waals surface area contributed by atoms with Gasteiger partial charge >= 0.3 is 0 Å². The first-order valence-corrected chi connectivity index (χ1v) is 4.64. The van der Waals surface area contributed by atoms with E-state index < -0.39 is 0 Å². The van der Waals surface area contributed by atoms with Crippen molar-refractivity contribution in [2.45, 2.75) is 13.0 Å². The molecule has 13 heavy (non-hydrogen) atoms. The largest absolute Gasteiger partial charge is 0.334 e. The molecule has 0 N–H and O–H groups in total. The number of likely N-dealkylation sites (tertiary alicyclic amines) is 1. The fourth-order valence-corrected chi connectivity index (χ4v) is 1.76. The Labute approximate surface area is 80.0 Å². The molecule has 0 spiro atoms. The van der Waals surface area contributed by atoms with Gasteiger partial charge in [0.05, 0.1) is 0 Å². The molecule has 1 aliphatic heterocycles. The fourth-order valence-electron chi connectivity index (χ4n) is 1.76. The van der Waals surface area contributed by atoms with E-state index in [1.807, 2.05) is 19.0 Å². The van der Waals surface area contributed by atoms with E-state index in [4.69, 9.17) is 0 Å². The number of rotatable bonds is 3. The molecule has 1 heterocycles. The van der Waals surface area contributed by atoms with Crippen LogP contribution < -0.4 is 0 Å². The maximum Gasteiger partial charge on any atom is 0.246 e. The van der Waals surface area contributed by atoms with Crippen LogP contribution in [0.1, 0.15) is 6.92 Å². The molecule has 2 unspecified atom stereocenters. The average molecular weight is 182 g/mol. The van der Waals surface area contributed by atoms with Crippen molar-refractivity contribution < 1.29 is 4.79 Å². The first kappa shape index (κ1) is 10.3. The van der Waals surface area contributed by atoms with Gasteiger partial charge in [0.1, 0.15) is 0 Å². The van der Waals surface area contributed by atoms with Crippen molar-refractivity contribution in [3.63, 3.8) is 0 Å². The van der Waals surface area contributed by atoms with Gasteiger partial charge in [-0.05, 0) is 26.1 Å². The zero-order chi connectivity index (χ0) is 10.0. The summed E-state index contributed by atoms with van der Waals surface area (Å²) in [6, 6.07) is 0.375. The maximum absolute atomic E-state index is 11.3. The summed E-state index contributed by atoms with van der Waals surface area (Å²) in [4.78, 5) is 15.3. The number of nitrogens with zero attached hydrogens (tertiary/aromatic N) is 2. The lowest BCUT2D eigenvalue weighted by molar-refractivity contribution is -0.138. The highest BCUT2D eigenvalue weighted by Crippen LogP contribution is 2.24. The van der Waals surface area contributed by atoms with Gasteiger partial charge < -0.3 is 9.80 Å². The number of carbonyl (C=O) groups excluding carboxylic acids is 1. The van der Waals surface area contributed by atoms with E-state index in [1.165, 1.54) is 6.08 Å². The van der Waals surface area contributed by atoms with Crippen molar-refractivity contribution in [1.82, 2.24) is 9.80 Å². The first-order chi connectivity index (χ1) is 6.06. The van der Waals surface area contributed by atoms with Crippen LogP contribution in [-0.4, -0.2) is 48.9 Å². The van der Waals surface area contributed by atoms with Crippen LogP contribution in [0.25, 0.3) is 0 Å². The third-order valence-electron chi connectivity index (χ3n) is 2.55. The predicted molar refractivity (Wildman–Crippen MR) is 53.4 cm³/mol. The van der Waals surface area contributed by atoms with Gasteiger partial charge in [-0.3, -0.25) is 4.79 Å². The first-order valence-electron chi connectivity index (χ1n) is 4.64. The van der Waals surface area contributed by atoms with Crippen molar-refractivity contribution in [2.75, 3.05) is 27.2 Å². The van der Waals surface area contributed by atoms with Crippen LogP contribution in [0.15, 0.2) is 12.7 Å². The Morgan fingerprint density at radius 1 is 1.69 bits per heavy atom. The van der Waals surface area contributed by atoms with Crippen LogP contribution in [0.2, 0.25) is 0 Å². The summed E-state index contributed by atoms with van der Waals surface area (Å²) in [6.45, 7) is 7.50. The van der Waals surface area contributed by atoms with Crippen LogP contribution in [0.4, 0.5) is 0 Å². The van der Waals surface area contributed by atoms with E-state index in [9.17, 15) is 4.79 Å². The van der Waals surface area contributed by atoms with E-state index in [1.54, 1.807) is 0 Å². The highest BCUT2D eigenvalue weighted by molar-refractivity contribution is 5.88. The third kappa shape index (κ3) is 2.10. The second-order valence-corrected chi connectivity index (χ2v) is 4.00. The van der Waals surface area contributed by atoms with E-state index in [2.05, 4.69) is 18.4 Å². The molecule has 1 amide bonds. The lowest BCUT2D eigenvalue weighted by Gasteiger charge is -2.47. The van der Waals surface area contributed by atoms with Gasteiger partial charge in [0.15, 0.2) is 0 Å². The highest BCUT2D eigenvalue weighted by Gasteiger charge is 2.37. The van der Waals surface area contributed by atoms with Gasteiger partial charge in [-0.15, -0.1) is 0 Å². The summed E-state index contributed by atoms with van der Waals surface area (Å²) < 4.78 is 0. The van der Waals surface area contributed by atoms with Crippen molar-refractivity contribution in [2.24, 2.45) is 5.92 Å². The van der Waals surface area contributed by atoms with Crippen LogP contribution in [0.3, 0.4) is 0 Å². The zero-order valence-electron chi connectivity index (χ0n) is 8.66. The molecule has 1 rings (SSSR count). The van der Waals surface area contributed by atoms with Gasteiger partial charge in [-0.25, -0.2) is 0 Å². The van der Waals surface area contributed by atoms with Crippen molar-refractivity contribution in [1.29, 1.82) is 0 Å². The Bertz CT molecular complexity index is 213. The average Bonchev–Trinajstić information content (AvgIpc) is 2.09. The van der Waals surface area contributed by atoms with E-state index in [0.29, 0.717) is 12.0 Å². The number of carbonyl (C=O) groups is 1. The molecule has 0 aromatic heterocycles. The Morgan fingerprint density at radius 3 is 2.69 bits per heavy atom. The maximum atomic E-state index is 11.3. The molecule has 1 saturated heterocycles. The minimum absolute atomic E-state index is 0.0601. The second kappa shape index (κ2) is 3.92. The molecule has 0 radical (unpaired) electrons. The molecule has 0 bridgehead atoms. The molecule has 0 aliphatic carbocycles. The van der Waals surface area contributed by atoms with E-state index >= 15 is 0 Å². The van der Waals surface area contributed by atoms with Crippen molar-refractivity contribution >= 4 is 5.91 Å². The van der Waals surface area contributed by atoms with Crippen molar-refractivity contribution in [3.05, 3.63) is 12.7 Å². The zero-order valence-corrected chi connectivity index (χ0v) is 8.66. The third-order valence-corrected chi connectivity index (χ3v) is 2.55. The van der Waals surface area contributed by atoms with Gasteiger partial charge in [0.2, 0.25) is 5.91 Å². The summed E-state index contributed by atoms with van der Waals surface area (Å²) in [5, 5.41) is 0.